The quantitative estimate of drug-likeness (QED) is 0.702. The molecule has 3 rings (SSSR count). The van der Waals surface area contributed by atoms with Crippen molar-refractivity contribution >= 4 is 45.0 Å². The first-order valence-electron chi connectivity index (χ1n) is 7.39. The summed E-state index contributed by atoms with van der Waals surface area (Å²) in [6, 6.07) is 10.2. The Morgan fingerprint density at radius 2 is 2.13 bits per heavy atom. The van der Waals surface area contributed by atoms with Gasteiger partial charge in [0, 0.05) is 10.8 Å². The van der Waals surface area contributed by atoms with Crippen LogP contribution in [-0.4, -0.2) is 21.6 Å². The summed E-state index contributed by atoms with van der Waals surface area (Å²) in [5.74, 6) is 0.276. The van der Waals surface area contributed by atoms with Crippen molar-refractivity contribution in [2.45, 2.75) is 25.3 Å². The zero-order valence-electron chi connectivity index (χ0n) is 13.0. The van der Waals surface area contributed by atoms with Gasteiger partial charge in [0.05, 0.1) is 17.0 Å². The number of amides is 1. The Kier molecular flexibility index (Phi) is 4.93. The van der Waals surface area contributed by atoms with Crippen molar-refractivity contribution < 1.29 is 4.79 Å². The number of benzene rings is 1. The van der Waals surface area contributed by atoms with Crippen LogP contribution in [0.2, 0.25) is 0 Å². The molecule has 0 saturated heterocycles. The van der Waals surface area contributed by atoms with Gasteiger partial charge in [-0.15, -0.1) is 11.3 Å². The number of aryl methyl sites for hydroxylation is 2. The minimum atomic E-state index is -0.0543. The van der Waals surface area contributed by atoms with Gasteiger partial charge in [0.25, 0.3) is 0 Å². The second kappa shape index (κ2) is 7.10. The molecule has 0 aliphatic carbocycles. The summed E-state index contributed by atoms with van der Waals surface area (Å²) in [5.41, 5.74) is 3.05. The highest BCUT2D eigenvalue weighted by atomic mass is 32.2. The van der Waals surface area contributed by atoms with Gasteiger partial charge in [0.2, 0.25) is 5.91 Å². The lowest BCUT2D eigenvalue weighted by molar-refractivity contribution is -0.113. The zero-order chi connectivity index (χ0) is 16.2. The fraction of sp³-hybridized carbons (Fsp3) is 0.235. The molecule has 23 heavy (non-hydrogen) atoms. The molecule has 0 fully saturated rings. The topological polar surface area (TPSA) is 54.9 Å². The Hall–Kier alpha value is -1.92. The average molecular weight is 343 g/mol. The third kappa shape index (κ3) is 3.89. The molecule has 0 radical (unpaired) electrons. The van der Waals surface area contributed by atoms with Gasteiger partial charge in [0.1, 0.15) is 5.03 Å². The molecule has 0 aliphatic heterocycles. The summed E-state index contributed by atoms with van der Waals surface area (Å²) in [5, 5.41) is 7.46. The molecule has 0 atom stereocenters. The fourth-order valence-electron chi connectivity index (χ4n) is 2.22. The van der Waals surface area contributed by atoms with Crippen molar-refractivity contribution in [1.29, 1.82) is 0 Å². The van der Waals surface area contributed by atoms with E-state index in [0.717, 1.165) is 28.0 Å². The number of thiazole rings is 1. The van der Waals surface area contributed by atoms with Gasteiger partial charge in [0.15, 0.2) is 5.13 Å². The molecule has 1 N–H and O–H groups in total. The van der Waals surface area contributed by atoms with E-state index >= 15 is 0 Å². The van der Waals surface area contributed by atoms with Crippen molar-refractivity contribution in [3.8, 4) is 0 Å². The molecular formula is C17H17N3OS2. The summed E-state index contributed by atoms with van der Waals surface area (Å²) >= 11 is 2.92. The Bertz CT molecular complexity index is 845. The summed E-state index contributed by atoms with van der Waals surface area (Å²) in [7, 11) is 0. The number of carbonyl (C=O) groups excluding carboxylic acids is 1. The minimum absolute atomic E-state index is 0.0543. The molecule has 0 bridgehead atoms. The van der Waals surface area contributed by atoms with Crippen LogP contribution < -0.4 is 5.32 Å². The Morgan fingerprint density at radius 3 is 2.87 bits per heavy atom. The van der Waals surface area contributed by atoms with Gasteiger partial charge in [-0.3, -0.25) is 4.79 Å². The third-order valence-corrected chi connectivity index (χ3v) is 5.26. The molecule has 0 saturated carbocycles. The van der Waals surface area contributed by atoms with Crippen LogP contribution in [0.15, 0.2) is 40.7 Å². The fourth-order valence-corrected chi connectivity index (χ4v) is 3.82. The van der Waals surface area contributed by atoms with Gasteiger partial charge in [-0.25, -0.2) is 9.97 Å². The summed E-state index contributed by atoms with van der Waals surface area (Å²) in [4.78, 5) is 21.0. The first-order chi connectivity index (χ1) is 11.2. The zero-order valence-corrected chi connectivity index (χ0v) is 14.6. The number of fused-ring (bicyclic) bond motifs is 1. The first-order valence-corrected chi connectivity index (χ1v) is 9.25. The number of pyridine rings is 1. The van der Waals surface area contributed by atoms with Crippen LogP contribution >= 0.6 is 23.1 Å². The molecule has 0 unspecified atom stereocenters. The standard InChI is InChI=1S/C17H17N3OS2/c1-3-12-8-13-6-4-5-7-14(13)19-16(12)22-10-15(21)20-17-18-11(2)9-23-17/h4-9H,3,10H2,1-2H3,(H,18,20,21). The number of para-hydroxylation sites is 1. The summed E-state index contributed by atoms with van der Waals surface area (Å²) in [6.45, 7) is 4.02. The smallest absolute Gasteiger partial charge is 0.236 e. The third-order valence-electron chi connectivity index (χ3n) is 3.35. The Balaban J connectivity index is 1.71. The summed E-state index contributed by atoms with van der Waals surface area (Å²) in [6.07, 6.45) is 0.896. The number of hydrogen-bond acceptors (Lipinski definition) is 5. The van der Waals surface area contributed by atoms with E-state index in [9.17, 15) is 4.79 Å². The van der Waals surface area contributed by atoms with Gasteiger partial charge >= 0.3 is 0 Å². The molecular weight excluding hydrogens is 326 g/mol. The lowest BCUT2D eigenvalue weighted by atomic mass is 10.1. The van der Waals surface area contributed by atoms with Crippen molar-refractivity contribution in [3.05, 3.63) is 47.0 Å². The molecule has 4 nitrogen and oxygen atoms in total. The number of anilines is 1. The van der Waals surface area contributed by atoms with Crippen molar-refractivity contribution in [1.82, 2.24) is 9.97 Å². The lowest BCUT2D eigenvalue weighted by Gasteiger charge is -2.08. The second-order valence-electron chi connectivity index (χ2n) is 5.13. The van der Waals surface area contributed by atoms with Crippen molar-refractivity contribution in [2.24, 2.45) is 0 Å². The van der Waals surface area contributed by atoms with E-state index in [0.29, 0.717) is 10.9 Å². The SMILES string of the molecule is CCc1cc2ccccc2nc1SCC(=O)Nc1nc(C)cs1. The molecule has 0 aliphatic rings. The van der Waals surface area contributed by atoms with Crippen LogP contribution in [0.5, 0.6) is 0 Å². The summed E-state index contributed by atoms with van der Waals surface area (Å²) < 4.78 is 0. The van der Waals surface area contributed by atoms with Gasteiger partial charge in [-0.1, -0.05) is 36.9 Å². The van der Waals surface area contributed by atoms with Crippen LogP contribution in [0.3, 0.4) is 0 Å². The number of thioether (sulfide) groups is 1. The van der Waals surface area contributed by atoms with Gasteiger partial charge in [-0.2, -0.15) is 0 Å². The highest BCUT2D eigenvalue weighted by Crippen LogP contribution is 2.25. The molecule has 2 heterocycles. The van der Waals surface area contributed by atoms with Crippen LogP contribution in [0.4, 0.5) is 5.13 Å². The van der Waals surface area contributed by atoms with E-state index in [1.807, 2.05) is 30.5 Å². The number of carbonyl (C=O) groups is 1. The predicted octanol–water partition coefficient (Wildman–Crippen LogP) is 4.29. The molecule has 3 aromatic rings. The maximum atomic E-state index is 12.1. The van der Waals surface area contributed by atoms with Crippen LogP contribution in [0.1, 0.15) is 18.2 Å². The number of nitrogens with one attached hydrogen (secondary N) is 1. The number of hydrogen-bond donors (Lipinski definition) is 1. The van der Waals surface area contributed by atoms with E-state index in [-0.39, 0.29) is 5.91 Å². The predicted molar refractivity (Wildman–Crippen MR) is 97.3 cm³/mol. The first kappa shape index (κ1) is 16.0. The minimum Gasteiger partial charge on any atom is -0.301 e. The van der Waals surface area contributed by atoms with E-state index in [1.165, 1.54) is 28.7 Å². The molecule has 0 spiro atoms. The normalized spacial score (nSPS) is 10.9. The number of nitrogens with zero attached hydrogens (tertiary/aromatic N) is 2. The van der Waals surface area contributed by atoms with E-state index in [4.69, 9.17) is 4.98 Å². The molecule has 2 aromatic heterocycles. The van der Waals surface area contributed by atoms with E-state index in [1.54, 1.807) is 0 Å². The highest BCUT2D eigenvalue weighted by Gasteiger charge is 2.10. The lowest BCUT2D eigenvalue weighted by Crippen LogP contribution is -2.14. The molecule has 118 valence electrons. The maximum absolute atomic E-state index is 12.1. The second-order valence-corrected chi connectivity index (χ2v) is 6.95. The van der Waals surface area contributed by atoms with Crippen LogP contribution in [0, 0.1) is 6.92 Å². The Labute approximate surface area is 143 Å². The van der Waals surface area contributed by atoms with Crippen LogP contribution in [-0.2, 0) is 11.2 Å². The van der Waals surface area contributed by atoms with Crippen molar-refractivity contribution in [3.63, 3.8) is 0 Å². The molecule has 1 aromatic carbocycles. The van der Waals surface area contributed by atoms with Gasteiger partial charge in [-0.05, 0) is 31.0 Å². The molecule has 1 amide bonds. The number of rotatable bonds is 5. The van der Waals surface area contributed by atoms with Crippen LogP contribution in [0.25, 0.3) is 10.9 Å². The van der Waals surface area contributed by atoms with E-state index < -0.39 is 0 Å². The highest BCUT2D eigenvalue weighted by molar-refractivity contribution is 8.00. The number of aromatic nitrogens is 2. The monoisotopic (exact) mass is 343 g/mol. The van der Waals surface area contributed by atoms with E-state index in [2.05, 4.69) is 29.4 Å². The average Bonchev–Trinajstić information content (AvgIpc) is 2.96. The Morgan fingerprint density at radius 1 is 1.30 bits per heavy atom. The maximum Gasteiger partial charge on any atom is 0.236 e. The molecule has 6 heteroatoms. The van der Waals surface area contributed by atoms with Crippen molar-refractivity contribution in [2.75, 3.05) is 11.1 Å². The van der Waals surface area contributed by atoms with Gasteiger partial charge < -0.3 is 5.32 Å². The largest absolute Gasteiger partial charge is 0.301 e.